The molecule has 88 valence electrons. The van der Waals surface area contributed by atoms with Crippen molar-refractivity contribution >= 4 is 0 Å². The highest BCUT2D eigenvalue weighted by atomic mass is 16.5. The highest BCUT2D eigenvalue weighted by Crippen LogP contribution is 2.27. The first-order valence-corrected chi connectivity index (χ1v) is 6.72. The third-order valence-electron chi connectivity index (χ3n) is 4.06. The maximum absolute atomic E-state index is 5.50. The molecule has 1 saturated carbocycles. The van der Waals surface area contributed by atoms with Gasteiger partial charge in [0.25, 0.3) is 0 Å². The Balaban J connectivity index is 1.67. The van der Waals surface area contributed by atoms with Gasteiger partial charge in [0.2, 0.25) is 0 Å². The lowest BCUT2D eigenvalue weighted by Crippen LogP contribution is -2.44. The molecule has 0 radical (unpaired) electrons. The fourth-order valence-corrected chi connectivity index (χ4v) is 2.94. The molecule has 0 aromatic heterocycles. The Labute approximate surface area is 93.8 Å². The van der Waals surface area contributed by atoms with Crippen LogP contribution < -0.4 is 5.32 Å². The van der Waals surface area contributed by atoms with E-state index in [1.54, 1.807) is 0 Å². The molecule has 0 spiro atoms. The lowest BCUT2D eigenvalue weighted by molar-refractivity contribution is 0.0631. The SMILES string of the molecule is CCC1CCC(NC2CCCOC2)CC1. The zero-order chi connectivity index (χ0) is 10.5. The van der Waals surface area contributed by atoms with E-state index in [0.29, 0.717) is 6.04 Å². The number of nitrogens with one attached hydrogen (secondary N) is 1. The molecule has 15 heavy (non-hydrogen) atoms. The molecule has 0 bridgehead atoms. The van der Waals surface area contributed by atoms with Gasteiger partial charge in [0.1, 0.15) is 0 Å². The Bertz CT molecular complexity index is 169. The van der Waals surface area contributed by atoms with Crippen molar-refractivity contribution in [3.05, 3.63) is 0 Å². The summed E-state index contributed by atoms with van der Waals surface area (Å²) in [4.78, 5) is 0. The molecule has 1 aliphatic heterocycles. The summed E-state index contributed by atoms with van der Waals surface area (Å²) >= 11 is 0. The first-order chi connectivity index (χ1) is 7.38. The summed E-state index contributed by atoms with van der Waals surface area (Å²) in [5.74, 6) is 1.01. The van der Waals surface area contributed by atoms with Gasteiger partial charge in [-0.05, 0) is 44.4 Å². The number of hydrogen-bond donors (Lipinski definition) is 1. The van der Waals surface area contributed by atoms with E-state index in [1.807, 2.05) is 0 Å². The molecule has 0 amide bonds. The van der Waals surface area contributed by atoms with Gasteiger partial charge in [-0.2, -0.15) is 0 Å². The van der Waals surface area contributed by atoms with E-state index in [0.717, 1.165) is 25.2 Å². The van der Waals surface area contributed by atoms with Crippen molar-refractivity contribution in [3.8, 4) is 0 Å². The van der Waals surface area contributed by atoms with Crippen LogP contribution in [0.2, 0.25) is 0 Å². The number of hydrogen-bond acceptors (Lipinski definition) is 2. The average Bonchev–Trinajstić information content (AvgIpc) is 2.31. The fourth-order valence-electron chi connectivity index (χ4n) is 2.94. The lowest BCUT2D eigenvalue weighted by Gasteiger charge is -2.33. The standard InChI is InChI=1S/C13H25NO/c1-2-11-5-7-12(8-6-11)14-13-4-3-9-15-10-13/h11-14H,2-10H2,1H3. The van der Waals surface area contributed by atoms with E-state index in [9.17, 15) is 0 Å². The summed E-state index contributed by atoms with van der Waals surface area (Å²) in [5.41, 5.74) is 0. The van der Waals surface area contributed by atoms with Crippen LogP contribution in [0, 0.1) is 5.92 Å². The normalized spacial score (nSPS) is 37.8. The van der Waals surface area contributed by atoms with Gasteiger partial charge >= 0.3 is 0 Å². The van der Waals surface area contributed by atoms with Gasteiger partial charge in [0.05, 0.1) is 6.61 Å². The average molecular weight is 211 g/mol. The minimum Gasteiger partial charge on any atom is -0.380 e. The molecule has 2 aliphatic rings. The van der Waals surface area contributed by atoms with Gasteiger partial charge in [-0.15, -0.1) is 0 Å². The van der Waals surface area contributed by atoms with Gasteiger partial charge in [0, 0.05) is 18.7 Å². The van der Waals surface area contributed by atoms with Crippen LogP contribution in [0.3, 0.4) is 0 Å². The van der Waals surface area contributed by atoms with Crippen molar-refractivity contribution in [2.75, 3.05) is 13.2 Å². The molecule has 1 unspecified atom stereocenters. The molecule has 2 rings (SSSR count). The Kier molecular flexibility index (Phi) is 4.45. The molecule has 2 fully saturated rings. The second kappa shape index (κ2) is 5.86. The van der Waals surface area contributed by atoms with Crippen LogP contribution in [0.1, 0.15) is 51.9 Å². The van der Waals surface area contributed by atoms with Crippen molar-refractivity contribution in [1.29, 1.82) is 0 Å². The smallest absolute Gasteiger partial charge is 0.0619 e. The van der Waals surface area contributed by atoms with E-state index >= 15 is 0 Å². The van der Waals surface area contributed by atoms with E-state index < -0.39 is 0 Å². The molecule has 1 atom stereocenters. The van der Waals surface area contributed by atoms with Crippen LogP contribution in [-0.4, -0.2) is 25.3 Å². The van der Waals surface area contributed by atoms with Crippen LogP contribution in [0.15, 0.2) is 0 Å². The monoisotopic (exact) mass is 211 g/mol. The van der Waals surface area contributed by atoms with E-state index in [4.69, 9.17) is 4.74 Å². The zero-order valence-electron chi connectivity index (χ0n) is 10.0. The van der Waals surface area contributed by atoms with E-state index in [-0.39, 0.29) is 0 Å². The number of rotatable bonds is 3. The second-order valence-corrected chi connectivity index (χ2v) is 5.21. The van der Waals surface area contributed by atoms with Crippen LogP contribution in [0.5, 0.6) is 0 Å². The third-order valence-corrected chi connectivity index (χ3v) is 4.06. The zero-order valence-corrected chi connectivity index (χ0v) is 10.0. The largest absolute Gasteiger partial charge is 0.380 e. The molecular weight excluding hydrogens is 186 g/mol. The first kappa shape index (κ1) is 11.4. The van der Waals surface area contributed by atoms with Gasteiger partial charge < -0.3 is 10.1 Å². The predicted molar refractivity (Wildman–Crippen MR) is 63.0 cm³/mol. The predicted octanol–water partition coefficient (Wildman–Crippen LogP) is 2.72. The highest BCUT2D eigenvalue weighted by molar-refractivity contribution is 4.81. The topological polar surface area (TPSA) is 21.3 Å². The van der Waals surface area contributed by atoms with Crippen molar-refractivity contribution in [3.63, 3.8) is 0 Å². The summed E-state index contributed by atoms with van der Waals surface area (Å²) in [6.07, 6.45) is 9.56. The summed E-state index contributed by atoms with van der Waals surface area (Å²) in [7, 11) is 0. The minimum absolute atomic E-state index is 0.641. The van der Waals surface area contributed by atoms with Gasteiger partial charge in [-0.3, -0.25) is 0 Å². The molecular formula is C13H25NO. The van der Waals surface area contributed by atoms with Gasteiger partial charge in [-0.1, -0.05) is 13.3 Å². The lowest BCUT2D eigenvalue weighted by atomic mass is 9.84. The van der Waals surface area contributed by atoms with Gasteiger partial charge in [-0.25, -0.2) is 0 Å². The first-order valence-electron chi connectivity index (χ1n) is 6.72. The molecule has 1 saturated heterocycles. The van der Waals surface area contributed by atoms with Crippen molar-refractivity contribution < 1.29 is 4.74 Å². The molecule has 2 heteroatoms. The Morgan fingerprint density at radius 2 is 1.87 bits per heavy atom. The summed E-state index contributed by atoms with van der Waals surface area (Å²) in [6, 6.07) is 1.42. The molecule has 1 N–H and O–H groups in total. The molecule has 0 aromatic rings. The molecule has 1 aliphatic carbocycles. The summed E-state index contributed by atoms with van der Waals surface area (Å²) in [6.45, 7) is 4.24. The van der Waals surface area contributed by atoms with E-state index in [1.165, 1.54) is 44.9 Å². The second-order valence-electron chi connectivity index (χ2n) is 5.21. The Hall–Kier alpha value is -0.0800. The highest BCUT2D eigenvalue weighted by Gasteiger charge is 2.23. The number of ether oxygens (including phenoxy) is 1. The Morgan fingerprint density at radius 1 is 1.07 bits per heavy atom. The molecule has 1 heterocycles. The maximum atomic E-state index is 5.50. The van der Waals surface area contributed by atoms with Crippen molar-refractivity contribution in [2.45, 2.75) is 64.0 Å². The maximum Gasteiger partial charge on any atom is 0.0619 e. The van der Waals surface area contributed by atoms with Crippen LogP contribution in [0.4, 0.5) is 0 Å². The third kappa shape index (κ3) is 3.46. The molecule has 0 aromatic carbocycles. The Morgan fingerprint density at radius 3 is 2.47 bits per heavy atom. The summed E-state index contributed by atoms with van der Waals surface area (Å²) < 4.78 is 5.50. The van der Waals surface area contributed by atoms with Crippen LogP contribution in [-0.2, 0) is 4.74 Å². The van der Waals surface area contributed by atoms with E-state index in [2.05, 4.69) is 12.2 Å². The minimum atomic E-state index is 0.641. The van der Waals surface area contributed by atoms with Crippen molar-refractivity contribution in [2.24, 2.45) is 5.92 Å². The van der Waals surface area contributed by atoms with Crippen molar-refractivity contribution in [1.82, 2.24) is 5.32 Å². The summed E-state index contributed by atoms with van der Waals surface area (Å²) in [5, 5.41) is 3.78. The van der Waals surface area contributed by atoms with Crippen LogP contribution in [0.25, 0.3) is 0 Å². The fraction of sp³-hybridized carbons (Fsp3) is 1.00. The molecule has 2 nitrogen and oxygen atoms in total. The van der Waals surface area contributed by atoms with Crippen LogP contribution >= 0.6 is 0 Å². The van der Waals surface area contributed by atoms with Gasteiger partial charge in [0.15, 0.2) is 0 Å². The quantitative estimate of drug-likeness (QED) is 0.775.